The summed E-state index contributed by atoms with van der Waals surface area (Å²) < 4.78 is 10.6. The smallest absolute Gasteiger partial charge is 0.338 e. The Bertz CT molecular complexity index is 444. The molecule has 2 rings (SSSR count). The zero-order valence-corrected chi connectivity index (χ0v) is 11.1. The molecule has 1 heterocycles. The van der Waals surface area contributed by atoms with Gasteiger partial charge in [-0.1, -0.05) is 12.1 Å². The van der Waals surface area contributed by atoms with Crippen LogP contribution in [0.3, 0.4) is 0 Å². The fourth-order valence-electron chi connectivity index (χ4n) is 2.08. The second kappa shape index (κ2) is 6.48. The quantitative estimate of drug-likeness (QED) is 0.604. The third-order valence-corrected chi connectivity index (χ3v) is 3.22. The van der Waals surface area contributed by atoms with Gasteiger partial charge in [0.15, 0.2) is 5.78 Å². The molecule has 0 aromatic heterocycles. The maximum Gasteiger partial charge on any atom is 0.338 e. The van der Waals surface area contributed by atoms with E-state index in [1.165, 1.54) is 6.92 Å². The first-order valence-corrected chi connectivity index (χ1v) is 6.56. The third kappa shape index (κ3) is 3.89. The van der Waals surface area contributed by atoms with Gasteiger partial charge in [0.2, 0.25) is 0 Å². The van der Waals surface area contributed by atoms with E-state index in [4.69, 9.17) is 9.47 Å². The van der Waals surface area contributed by atoms with Gasteiger partial charge in [0.05, 0.1) is 18.3 Å². The molecule has 4 heteroatoms. The van der Waals surface area contributed by atoms with Crippen LogP contribution in [0.25, 0.3) is 0 Å². The summed E-state index contributed by atoms with van der Waals surface area (Å²) in [5.74, 6) is -0.369. The molecule has 1 aromatic carbocycles. The van der Waals surface area contributed by atoms with Gasteiger partial charge in [-0.05, 0) is 31.9 Å². The first-order valence-electron chi connectivity index (χ1n) is 6.56. The molecule has 0 N–H and O–H groups in total. The number of rotatable bonds is 5. The van der Waals surface area contributed by atoms with E-state index in [2.05, 4.69) is 0 Å². The van der Waals surface area contributed by atoms with Gasteiger partial charge in [-0.2, -0.15) is 0 Å². The highest BCUT2D eigenvalue weighted by Gasteiger charge is 2.16. The maximum atomic E-state index is 11.8. The van der Waals surface area contributed by atoms with E-state index in [0.29, 0.717) is 17.7 Å². The molecule has 0 amide bonds. The summed E-state index contributed by atoms with van der Waals surface area (Å²) in [5, 5.41) is 0. The average Bonchev–Trinajstić information content (AvgIpc) is 2.92. The standard InChI is InChI=1S/C15H18O4/c1-11(16)12-4-6-13(7-5-12)15(17)19-10-8-14-3-2-9-18-14/h4-7,14H,2-3,8-10H2,1H3. The van der Waals surface area contributed by atoms with Crippen LogP contribution in [0.5, 0.6) is 0 Å². The van der Waals surface area contributed by atoms with Crippen LogP contribution < -0.4 is 0 Å². The first-order chi connectivity index (χ1) is 9.16. The monoisotopic (exact) mass is 262 g/mol. The van der Waals surface area contributed by atoms with Gasteiger partial charge in [-0.15, -0.1) is 0 Å². The summed E-state index contributed by atoms with van der Waals surface area (Å²) in [4.78, 5) is 22.9. The van der Waals surface area contributed by atoms with Gasteiger partial charge in [0, 0.05) is 18.6 Å². The zero-order valence-electron chi connectivity index (χ0n) is 11.1. The Morgan fingerprint density at radius 2 is 1.95 bits per heavy atom. The van der Waals surface area contributed by atoms with Crippen molar-refractivity contribution in [1.29, 1.82) is 0 Å². The molecule has 0 saturated carbocycles. The molecule has 1 atom stereocenters. The van der Waals surface area contributed by atoms with Gasteiger partial charge < -0.3 is 9.47 Å². The molecular weight excluding hydrogens is 244 g/mol. The number of carbonyl (C=O) groups excluding carboxylic acids is 2. The first kappa shape index (κ1) is 13.7. The topological polar surface area (TPSA) is 52.6 Å². The summed E-state index contributed by atoms with van der Waals surface area (Å²) in [6.45, 7) is 2.68. The van der Waals surface area contributed by atoms with Crippen molar-refractivity contribution in [3.8, 4) is 0 Å². The minimum Gasteiger partial charge on any atom is -0.462 e. The number of esters is 1. The zero-order chi connectivity index (χ0) is 13.7. The molecule has 4 nitrogen and oxygen atoms in total. The van der Waals surface area contributed by atoms with Crippen LogP contribution in [0.4, 0.5) is 0 Å². The molecule has 0 bridgehead atoms. The van der Waals surface area contributed by atoms with E-state index >= 15 is 0 Å². The SMILES string of the molecule is CC(=O)c1ccc(C(=O)OCCC2CCCO2)cc1. The van der Waals surface area contributed by atoms with Crippen LogP contribution >= 0.6 is 0 Å². The van der Waals surface area contributed by atoms with Crippen LogP contribution in [0, 0.1) is 0 Å². The van der Waals surface area contributed by atoms with Gasteiger partial charge in [0.25, 0.3) is 0 Å². The average molecular weight is 262 g/mol. The van der Waals surface area contributed by atoms with E-state index < -0.39 is 0 Å². The Morgan fingerprint density at radius 3 is 2.53 bits per heavy atom. The molecular formula is C15H18O4. The molecule has 19 heavy (non-hydrogen) atoms. The van der Waals surface area contributed by atoms with E-state index in [9.17, 15) is 9.59 Å². The van der Waals surface area contributed by atoms with E-state index in [1.807, 2.05) is 0 Å². The molecule has 0 spiro atoms. The van der Waals surface area contributed by atoms with Crippen LogP contribution in [0.2, 0.25) is 0 Å². The van der Waals surface area contributed by atoms with Crippen molar-refractivity contribution in [3.63, 3.8) is 0 Å². The highest BCUT2D eigenvalue weighted by Crippen LogP contribution is 2.15. The number of hydrogen-bond acceptors (Lipinski definition) is 4. The summed E-state index contributed by atoms with van der Waals surface area (Å²) in [6.07, 6.45) is 3.11. The fraction of sp³-hybridized carbons (Fsp3) is 0.467. The molecule has 1 aromatic rings. The predicted molar refractivity (Wildman–Crippen MR) is 70.3 cm³/mol. The molecule has 1 saturated heterocycles. The van der Waals surface area contributed by atoms with Crippen molar-refractivity contribution in [3.05, 3.63) is 35.4 Å². The largest absolute Gasteiger partial charge is 0.462 e. The Labute approximate surface area is 112 Å². The molecule has 1 aliphatic rings. The van der Waals surface area contributed by atoms with Crippen LogP contribution in [0.1, 0.15) is 46.9 Å². The minimum atomic E-state index is -0.354. The van der Waals surface area contributed by atoms with Crippen molar-refractivity contribution in [2.75, 3.05) is 13.2 Å². The number of benzene rings is 1. The summed E-state index contributed by atoms with van der Waals surface area (Å²) in [7, 11) is 0. The maximum absolute atomic E-state index is 11.8. The van der Waals surface area contributed by atoms with Crippen molar-refractivity contribution < 1.29 is 19.1 Å². The lowest BCUT2D eigenvalue weighted by Crippen LogP contribution is -2.13. The van der Waals surface area contributed by atoms with Gasteiger partial charge in [-0.3, -0.25) is 4.79 Å². The van der Waals surface area contributed by atoms with Gasteiger partial charge in [-0.25, -0.2) is 4.79 Å². The molecule has 102 valence electrons. The van der Waals surface area contributed by atoms with E-state index in [-0.39, 0.29) is 17.9 Å². The van der Waals surface area contributed by atoms with Crippen molar-refractivity contribution >= 4 is 11.8 Å². The van der Waals surface area contributed by atoms with Crippen molar-refractivity contribution in [2.24, 2.45) is 0 Å². The van der Waals surface area contributed by atoms with Crippen LogP contribution in [-0.4, -0.2) is 31.1 Å². The minimum absolute atomic E-state index is 0.0155. The van der Waals surface area contributed by atoms with Gasteiger partial charge in [0.1, 0.15) is 0 Å². The summed E-state index contributed by atoms with van der Waals surface area (Å²) in [6, 6.07) is 6.51. The highest BCUT2D eigenvalue weighted by atomic mass is 16.5. The number of hydrogen-bond donors (Lipinski definition) is 0. The Hall–Kier alpha value is -1.68. The molecule has 1 unspecified atom stereocenters. The van der Waals surface area contributed by atoms with Crippen LogP contribution in [0.15, 0.2) is 24.3 Å². The fourth-order valence-corrected chi connectivity index (χ4v) is 2.08. The lowest BCUT2D eigenvalue weighted by Gasteiger charge is -2.09. The molecule has 0 aliphatic carbocycles. The molecule has 1 fully saturated rings. The Kier molecular flexibility index (Phi) is 4.68. The molecule has 0 radical (unpaired) electrons. The van der Waals surface area contributed by atoms with Crippen molar-refractivity contribution in [2.45, 2.75) is 32.3 Å². The summed E-state index contributed by atoms with van der Waals surface area (Å²) in [5.41, 5.74) is 1.06. The number of Topliss-reactive ketones (excluding diaryl/α,β-unsaturated/α-hetero) is 1. The van der Waals surface area contributed by atoms with Crippen molar-refractivity contribution in [1.82, 2.24) is 0 Å². The Balaban J connectivity index is 1.80. The number of carbonyl (C=O) groups is 2. The van der Waals surface area contributed by atoms with Crippen LogP contribution in [-0.2, 0) is 9.47 Å². The second-order valence-corrected chi connectivity index (χ2v) is 4.69. The van der Waals surface area contributed by atoms with E-state index in [1.54, 1.807) is 24.3 Å². The van der Waals surface area contributed by atoms with E-state index in [0.717, 1.165) is 25.9 Å². The number of ketones is 1. The second-order valence-electron chi connectivity index (χ2n) is 4.69. The highest BCUT2D eigenvalue weighted by molar-refractivity contribution is 5.96. The lowest BCUT2D eigenvalue weighted by molar-refractivity contribution is 0.0385. The third-order valence-electron chi connectivity index (χ3n) is 3.22. The van der Waals surface area contributed by atoms with Gasteiger partial charge >= 0.3 is 5.97 Å². The normalized spacial score (nSPS) is 18.3. The lowest BCUT2D eigenvalue weighted by atomic mass is 10.1. The predicted octanol–water partition coefficient (Wildman–Crippen LogP) is 2.62. The number of ether oxygens (including phenoxy) is 2. The molecule has 1 aliphatic heterocycles. The Morgan fingerprint density at radius 1 is 1.26 bits per heavy atom. The summed E-state index contributed by atoms with van der Waals surface area (Å²) >= 11 is 0.